The summed E-state index contributed by atoms with van der Waals surface area (Å²) in [5.41, 5.74) is 0. The molecule has 450 valence electrons. The van der Waals surface area contributed by atoms with Gasteiger partial charge in [-0.2, -0.15) is 0 Å². The summed E-state index contributed by atoms with van der Waals surface area (Å²) in [4.78, 5) is 24.5. The minimum absolute atomic E-state index is 0.0170. The fourth-order valence-electron chi connectivity index (χ4n) is 10.9. The molecule has 0 spiro atoms. The van der Waals surface area contributed by atoms with Crippen LogP contribution in [-0.2, 0) is 14.3 Å². The zero-order valence-corrected chi connectivity index (χ0v) is 51.5. The number of esters is 1. The van der Waals surface area contributed by atoms with Gasteiger partial charge in [0.05, 0.1) is 25.4 Å². The maximum atomic E-state index is 12.5. The second kappa shape index (κ2) is 65.9. The molecule has 6 heteroatoms. The van der Waals surface area contributed by atoms with Crippen LogP contribution >= 0.6 is 0 Å². The summed E-state index contributed by atoms with van der Waals surface area (Å²) in [7, 11) is 0. The lowest BCUT2D eigenvalue weighted by Crippen LogP contribution is -2.45. The number of nitrogens with one attached hydrogen (secondary N) is 1. The molecule has 2 unspecified atom stereocenters. The van der Waals surface area contributed by atoms with Gasteiger partial charge in [-0.05, 0) is 57.8 Å². The summed E-state index contributed by atoms with van der Waals surface area (Å²) in [6.07, 6.45) is 82.5. The van der Waals surface area contributed by atoms with Gasteiger partial charge in [-0.1, -0.05) is 340 Å². The summed E-state index contributed by atoms with van der Waals surface area (Å²) in [6.45, 7) is 4.93. The number of carbonyl (C=O) groups excluding carboxylic acids is 2. The van der Waals surface area contributed by atoms with Gasteiger partial charge in [-0.15, -0.1) is 0 Å². The van der Waals surface area contributed by atoms with Crippen LogP contribution in [0.5, 0.6) is 0 Å². The van der Waals surface area contributed by atoms with E-state index in [1.807, 2.05) is 6.08 Å². The van der Waals surface area contributed by atoms with Crippen molar-refractivity contribution in [1.82, 2.24) is 5.32 Å². The molecule has 0 rings (SSSR count). The van der Waals surface area contributed by atoms with Crippen LogP contribution in [0.15, 0.2) is 24.3 Å². The average molecular weight is 1070 g/mol. The molecule has 0 heterocycles. The molecule has 0 saturated heterocycles. The van der Waals surface area contributed by atoms with Crippen molar-refractivity contribution in [3.8, 4) is 0 Å². The number of rotatable bonds is 65. The van der Waals surface area contributed by atoms with Gasteiger partial charge in [-0.25, -0.2) is 0 Å². The minimum atomic E-state index is -0.843. The van der Waals surface area contributed by atoms with Gasteiger partial charge in [0.1, 0.15) is 0 Å². The number of allylic oxidation sites excluding steroid dienone is 3. The van der Waals surface area contributed by atoms with E-state index in [0.717, 1.165) is 38.5 Å². The highest BCUT2D eigenvalue weighted by atomic mass is 16.5. The predicted molar refractivity (Wildman–Crippen MR) is 333 cm³/mol. The Morgan fingerprint density at radius 3 is 0.934 bits per heavy atom. The summed E-state index contributed by atoms with van der Waals surface area (Å²) < 4.78 is 5.47. The van der Waals surface area contributed by atoms with Crippen molar-refractivity contribution in [3.05, 3.63) is 24.3 Å². The molecular formula is C70H135NO5. The maximum Gasteiger partial charge on any atom is 0.305 e. The molecule has 2 atom stereocenters. The molecule has 0 aromatic rings. The molecule has 0 aliphatic rings. The molecule has 0 aromatic heterocycles. The fraction of sp³-hybridized carbons (Fsp3) is 0.914. The van der Waals surface area contributed by atoms with Crippen LogP contribution in [0.4, 0.5) is 0 Å². The van der Waals surface area contributed by atoms with Crippen molar-refractivity contribution >= 4 is 11.9 Å². The van der Waals surface area contributed by atoms with E-state index >= 15 is 0 Å². The molecule has 0 bridgehead atoms. The predicted octanol–water partition coefficient (Wildman–Crippen LogP) is 22.1. The molecule has 0 saturated carbocycles. The highest BCUT2D eigenvalue weighted by Crippen LogP contribution is 2.18. The van der Waals surface area contributed by atoms with Gasteiger partial charge in [0, 0.05) is 12.8 Å². The van der Waals surface area contributed by atoms with Gasteiger partial charge in [0.15, 0.2) is 0 Å². The summed E-state index contributed by atoms with van der Waals surface area (Å²) in [6, 6.07) is -0.627. The van der Waals surface area contributed by atoms with Crippen LogP contribution in [0, 0.1) is 0 Å². The third-order valence-electron chi connectivity index (χ3n) is 16.2. The Labute approximate surface area is 475 Å². The van der Waals surface area contributed by atoms with Crippen molar-refractivity contribution < 1.29 is 24.5 Å². The Morgan fingerprint density at radius 2 is 0.618 bits per heavy atom. The Bertz CT molecular complexity index is 1190. The molecule has 0 aromatic carbocycles. The van der Waals surface area contributed by atoms with Crippen LogP contribution in [0.3, 0.4) is 0 Å². The number of amides is 1. The molecular weight excluding hydrogens is 935 g/mol. The fourth-order valence-corrected chi connectivity index (χ4v) is 10.9. The Kier molecular flexibility index (Phi) is 64.4. The molecule has 1 amide bonds. The first-order chi connectivity index (χ1) is 37.5. The maximum absolute atomic E-state index is 12.5. The van der Waals surface area contributed by atoms with E-state index in [9.17, 15) is 19.8 Å². The molecule has 3 N–H and O–H groups in total. The molecule has 0 aliphatic carbocycles. The number of aliphatic hydroxyl groups excluding tert-OH is 2. The van der Waals surface area contributed by atoms with Crippen LogP contribution in [0.2, 0.25) is 0 Å². The van der Waals surface area contributed by atoms with Crippen molar-refractivity contribution in [3.63, 3.8) is 0 Å². The van der Waals surface area contributed by atoms with Crippen LogP contribution in [-0.4, -0.2) is 47.4 Å². The van der Waals surface area contributed by atoms with Crippen molar-refractivity contribution in [2.24, 2.45) is 0 Å². The van der Waals surface area contributed by atoms with E-state index in [2.05, 4.69) is 31.3 Å². The smallest absolute Gasteiger partial charge is 0.305 e. The number of ether oxygens (including phenoxy) is 1. The lowest BCUT2D eigenvalue weighted by Gasteiger charge is -2.20. The van der Waals surface area contributed by atoms with E-state index in [4.69, 9.17) is 4.74 Å². The van der Waals surface area contributed by atoms with Gasteiger partial charge < -0.3 is 20.3 Å². The summed E-state index contributed by atoms with van der Waals surface area (Å²) in [5, 5.41) is 23.2. The van der Waals surface area contributed by atoms with E-state index < -0.39 is 12.1 Å². The van der Waals surface area contributed by atoms with Gasteiger partial charge >= 0.3 is 5.97 Å². The van der Waals surface area contributed by atoms with Gasteiger partial charge in [0.25, 0.3) is 0 Å². The van der Waals surface area contributed by atoms with Crippen LogP contribution in [0.1, 0.15) is 386 Å². The van der Waals surface area contributed by atoms with Crippen LogP contribution < -0.4 is 5.32 Å². The highest BCUT2D eigenvalue weighted by Gasteiger charge is 2.18. The number of aliphatic hydroxyl groups is 2. The molecule has 0 fully saturated rings. The minimum Gasteiger partial charge on any atom is -0.466 e. The summed E-state index contributed by atoms with van der Waals surface area (Å²) >= 11 is 0. The Morgan fingerprint density at radius 1 is 0.355 bits per heavy atom. The van der Waals surface area contributed by atoms with Gasteiger partial charge in [-0.3, -0.25) is 9.59 Å². The lowest BCUT2D eigenvalue weighted by atomic mass is 10.0. The number of hydrogen-bond donors (Lipinski definition) is 3. The van der Waals surface area contributed by atoms with Crippen LogP contribution in [0.25, 0.3) is 0 Å². The zero-order chi connectivity index (χ0) is 55.0. The zero-order valence-electron chi connectivity index (χ0n) is 51.5. The highest BCUT2D eigenvalue weighted by molar-refractivity contribution is 5.76. The monoisotopic (exact) mass is 1070 g/mol. The molecule has 76 heavy (non-hydrogen) atoms. The first-order valence-electron chi connectivity index (χ1n) is 34.6. The first kappa shape index (κ1) is 74.3. The number of hydrogen-bond acceptors (Lipinski definition) is 5. The van der Waals surface area contributed by atoms with Crippen molar-refractivity contribution in [2.75, 3.05) is 13.2 Å². The van der Waals surface area contributed by atoms with Crippen molar-refractivity contribution in [1.29, 1.82) is 0 Å². The molecule has 0 radical (unpaired) electrons. The Balaban J connectivity index is 3.39. The van der Waals surface area contributed by atoms with Crippen molar-refractivity contribution in [2.45, 2.75) is 398 Å². The second-order valence-electron chi connectivity index (χ2n) is 23.9. The largest absolute Gasteiger partial charge is 0.466 e. The van der Waals surface area contributed by atoms with E-state index in [-0.39, 0.29) is 18.5 Å². The second-order valence-corrected chi connectivity index (χ2v) is 23.9. The lowest BCUT2D eigenvalue weighted by molar-refractivity contribution is -0.143. The number of carbonyl (C=O) groups is 2. The molecule has 0 aliphatic heterocycles. The third-order valence-corrected chi connectivity index (χ3v) is 16.2. The van der Waals surface area contributed by atoms with Gasteiger partial charge in [0.2, 0.25) is 5.91 Å². The topological polar surface area (TPSA) is 95.9 Å². The van der Waals surface area contributed by atoms with E-state index in [1.54, 1.807) is 6.08 Å². The van der Waals surface area contributed by atoms with E-state index in [1.165, 1.54) is 321 Å². The first-order valence-corrected chi connectivity index (χ1v) is 34.6. The van der Waals surface area contributed by atoms with E-state index in [0.29, 0.717) is 19.4 Å². The summed E-state index contributed by atoms with van der Waals surface area (Å²) in [5.74, 6) is -0.0461. The Hall–Kier alpha value is -1.66. The standard InChI is InChI=1S/C70H135NO5/c1-3-5-7-9-11-13-15-16-17-18-33-36-39-43-46-50-54-58-62-68(73)67(66-72)71-69(74)63-59-55-51-47-44-40-37-34-31-29-27-25-23-21-19-20-22-24-26-28-30-32-35-38-41-45-49-53-57-61-65-76-70(75)64-60-56-52-48-42-14-12-10-8-6-4-2/h20,22,58,62,67-68,72-73H,3-19,21,23-57,59-61,63-66H2,1-2H3,(H,71,74)/b22-20-,62-58+. The third kappa shape index (κ3) is 61.6. The normalized spacial score (nSPS) is 12.6. The quantitative estimate of drug-likeness (QED) is 0.0320. The molecule has 6 nitrogen and oxygen atoms in total. The SMILES string of the molecule is CCCCCCCCCCCCCCCCCC/C=C/C(O)C(CO)NC(=O)CCCCCCCCCCCCCCCC/C=C\CCCCCCCCCCCCCCOC(=O)CCCCCCCCCCCCC. The number of unbranched alkanes of at least 4 members (excludes halogenated alkanes) is 52. The average Bonchev–Trinajstić information content (AvgIpc) is 3.42.